The van der Waals surface area contributed by atoms with E-state index in [1.165, 1.54) is 12.8 Å². The third-order valence-electron chi connectivity index (χ3n) is 6.11. The van der Waals surface area contributed by atoms with Crippen LogP contribution in [0.2, 0.25) is 18.6 Å². The first-order valence-corrected chi connectivity index (χ1v) is 12.2. The van der Waals surface area contributed by atoms with Gasteiger partial charge >= 0.3 is 17.4 Å². The number of likely N-dealkylation sites (N-methyl/N-ethyl adjacent to an activating group) is 1. The molecule has 1 aliphatic carbocycles. The number of nitrogens with zero attached hydrogens (tertiary/aromatic N) is 2. The molecule has 1 aliphatic heterocycles. The monoisotopic (exact) mass is 393 g/mol. The van der Waals surface area contributed by atoms with Gasteiger partial charge in [-0.1, -0.05) is 54.6 Å². The van der Waals surface area contributed by atoms with Crippen LogP contribution in [-0.2, 0) is 22.1 Å². The van der Waals surface area contributed by atoms with Gasteiger partial charge < -0.3 is 22.5 Å². The van der Waals surface area contributed by atoms with Gasteiger partial charge in [-0.3, -0.25) is 0 Å². The number of hydrogen-bond donors (Lipinski definition) is 0. The summed E-state index contributed by atoms with van der Waals surface area (Å²) in [5.41, 5.74) is 0.851. The molecule has 1 saturated heterocycles. The predicted octanol–water partition coefficient (Wildman–Crippen LogP) is 5.74. The van der Waals surface area contributed by atoms with Gasteiger partial charge in [-0.15, -0.1) is 0 Å². The Bertz CT molecular complexity index is 292. The van der Waals surface area contributed by atoms with Crippen molar-refractivity contribution in [2.45, 2.75) is 59.2 Å². The minimum atomic E-state index is -1.45. The van der Waals surface area contributed by atoms with Gasteiger partial charge in [-0.2, -0.15) is 20.1 Å². The molecule has 4 atom stereocenters. The second-order valence-corrected chi connectivity index (χ2v) is 12.1. The van der Waals surface area contributed by atoms with E-state index in [-0.39, 0.29) is 24.8 Å². The van der Waals surface area contributed by atoms with Crippen LogP contribution < -0.4 is 0 Å². The molecule has 0 spiro atoms. The van der Waals surface area contributed by atoms with E-state index in [9.17, 15) is 0 Å². The van der Waals surface area contributed by atoms with Gasteiger partial charge in [0.15, 0.2) is 0 Å². The van der Waals surface area contributed by atoms with E-state index >= 15 is 0 Å². The largest absolute Gasteiger partial charge is 3.00 e. The van der Waals surface area contributed by atoms with E-state index in [4.69, 9.17) is 9.72 Å². The standard InChI is InChI=1S/C14H30N2Si.C4H8O.CH3.Cr/c1-10-11(2)13(4)14(12(10)3)17(6,7)16-9-8-15-5;1-2-4-5-3-1;;/h10-14H,8-9H2,1-7H3;1-4H2;1H3;/q-2;;-1;+3. The van der Waals surface area contributed by atoms with Crippen molar-refractivity contribution in [3.63, 3.8) is 0 Å². The molecule has 1 radical (unpaired) electrons. The Labute approximate surface area is 164 Å². The summed E-state index contributed by atoms with van der Waals surface area (Å²) < 4.78 is 4.94. The third kappa shape index (κ3) is 7.48. The van der Waals surface area contributed by atoms with E-state index in [2.05, 4.69) is 46.1 Å². The van der Waals surface area contributed by atoms with E-state index in [1.807, 2.05) is 7.05 Å². The second-order valence-electron chi connectivity index (χ2n) is 7.86. The zero-order valence-corrected chi connectivity index (χ0v) is 19.6. The summed E-state index contributed by atoms with van der Waals surface area (Å²) >= 11 is 0. The molecular weight excluding hydrogens is 352 g/mol. The van der Waals surface area contributed by atoms with E-state index in [1.54, 1.807) is 0 Å². The van der Waals surface area contributed by atoms with Crippen molar-refractivity contribution in [2.24, 2.45) is 23.7 Å². The summed E-state index contributed by atoms with van der Waals surface area (Å²) in [6.45, 7) is 18.5. The molecule has 24 heavy (non-hydrogen) atoms. The van der Waals surface area contributed by atoms with Crippen LogP contribution in [0.4, 0.5) is 0 Å². The fourth-order valence-corrected chi connectivity index (χ4v) is 8.50. The van der Waals surface area contributed by atoms with Crippen LogP contribution in [0.3, 0.4) is 0 Å². The zero-order valence-electron chi connectivity index (χ0n) is 17.3. The Morgan fingerprint density at radius 2 is 1.33 bits per heavy atom. The average molecular weight is 394 g/mol. The van der Waals surface area contributed by atoms with Crippen LogP contribution in [-0.4, -0.2) is 41.6 Å². The van der Waals surface area contributed by atoms with Gasteiger partial charge in [0.05, 0.1) is 0 Å². The van der Waals surface area contributed by atoms with Gasteiger partial charge in [0, 0.05) is 13.2 Å². The Kier molecular flexibility index (Phi) is 14.4. The van der Waals surface area contributed by atoms with Gasteiger partial charge in [0.1, 0.15) is 0 Å². The first-order valence-electron chi connectivity index (χ1n) is 9.15. The van der Waals surface area contributed by atoms with E-state index in [0.717, 1.165) is 55.5 Å². The van der Waals surface area contributed by atoms with Crippen molar-refractivity contribution >= 4 is 8.24 Å². The summed E-state index contributed by atoms with van der Waals surface area (Å²) in [5.74, 6) is 3.38. The number of hydrogen-bond acceptors (Lipinski definition) is 1. The molecule has 0 bridgehead atoms. The van der Waals surface area contributed by atoms with Crippen molar-refractivity contribution in [1.29, 1.82) is 0 Å². The maximum absolute atomic E-state index is 5.04. The summed E-state index contributed by atoms with van der Waals surface area (Å²) in [6.07, 6.45) is 2.56. The molecule has 1 heterocycles. The van der Waals surface area contributed by atoms with Crippen LogP contribution in [0.25, 0.3) is 10.3 Å². The van der Waals surface area contributed by atoms with Crippen LogP contribution in [0, 0.1) is 31.1 Å². The molecule has 4 unspecified atom stereocenters. The predicted molar refractivity (Wildman–Crippen MR) is 107 cm³/mol. The van der Waals surface area contributed by atoms with Crippen LogP contribution in [0.1, 0.15) is 40.5 Å². The second kappa shape index (κ2) is 12.9. The Morgan fingerprint density at radius 1 is 0.875 bits per heavy atom. The molecule has 143 valence electrons. The molecule has 1 saturated carbocycles. The smallest absolute Gasteiger partial charge is 0.666 e. The maximum Gasteiger partial charge on any atom is 3.00 e. The van der Waals surface area contributed by atoms with E-state index < -0.39 is 8.24 Å². The fourth-order valence-electron chi connectivity index (χ4n) is 4.43. The molecule has 0 aromatic carbocycles. The van der Waals surface area contributed by atoms with Crippen LogP contribution in [0.5, 0.6) is 0 Å². The molecule has 0 amide bonds. The number of rotatable bonds is 5. The topological polar surface area (TPSA) is 37.4 Å². The molecule has 0 aromatic heterocycles. The van der Waals surface area contributed by atoms with Crippen LogP contribution >= 0.6 is 0 Å². The number of ether oxygens (including phenoxy) is 1. The quantitative estimate of drug-likeness (QED) is 0.333. The van der Waals surface area contributed by atoms with Gasteiger partial charge in [-0.05, 0) is 36.5 Å². The van der Waals surface area contributed by atoms with E-state index in [0.29, 0.717) is 0 Å². The molecule has 2 fully saturated rings. The Hall–Kier alpha value is 0.629. The van der Waals surface area contributed by atoms with Crippen molar-refractivity contribution in [3.8, 4) is 0 Å². The van der Waals surface area contributed by atoms with Crippen molar-refractivity contribution in [2.75, 3.05) is 33.4 Å². The first kappa shape index (κ1) is 26.9. The van der Waals surface area contributed by atoms with Gasteiger partial charge in [-0.25, -0.2) is 0 Å². The molecule has 3 nitrogen and oxygen atoms in total. The Morgan fingerprint density at radius 3 is 1.67 bits per heavy atom. The molecule has 0 N–H and O–H groups in total. The zero-order chi connectivity index (χ0) is 16.8. The molecular formula is C19H41CrN2OSi. The van der Waals surface area contributed by atoms with Crippen molar-refractivity contribution in [3.05, 3.63) is 17.7 Å². The third-order valence-corrected chi connectivity index (χ3v) is 9.83. The minimum absolute atomic E-state index is 0. The maximum atomic E-state index is 5.04. The average Bonchev–Trinajstić information content (AvgIpc) is 3.09. The molecule has 2 aliphatic rings. The summed E-state index contributed by atoms with van der Waals surface area (Å²) in [7, 11) is 0.432. The minimum Gasteiger partial charge on any atom is -0.666 e. The summed E-state index contributed by atoms with van der Waals surface area (Å²) in [5, 5.41) is 4.16. The van der Waals surface area contributed by atoms with Crippen molar-refractivity contribution in [1.82, 2.24) is 0 Å². The molecule has 2 rings (SSSR count). The summed E-state index contributed by atoms with van der Waals surface area (Å²) in [6, 6.07) is 0. The van der Waals surface area contributed by atoms with Gasteiger partial charge in [0.2, 0.25) is 0 Å². The fraction of sp³-hybridized carbons (Fsp3) is 0.947. The summed E-state index contributed by atoms with van der Waals surface area (Å²) in [4.78, 5) is 5.04. The van der Waals surface area contributed by atoms with Crippen molar-refractivity contribution < 1.29 is 22.1 Å². The van der Waals surface area contributed by atoms with Gasteiger partial charge in [0.25, 0.3) is 0 Å². The Balaban J connectivity index is 0. The first-order chi connectivity index (χ1) is 10.3. The SMILES string of the molecule is C1CCOC1.C[N-]CC[N-][Si](C)(C)C1C(C)C(C)C(C)C1C.[CH3-].[Cr+3]. The normalized spacial score (nSPS) is 32.4. The molecule has 5 heteroatoms. The van der Waals surface area contributed by atoms with Crippen LogP contribution in [0.15, 0.2) is 0 Å². The molecule has 0 aromatic rings.